The normalized spacial score (nSPS) is 19.4. The SMILES string of the molecule is OC(CNC1CCc2cc(Br)ccc21)c1ccco1. The van der Waals surface area contributed by atoms with Crippen LogP contribution in [0.25, 0.3) is 0 Å². The van der Waals surface area contributed by atoms with Crippen LogP contribution in [0.4, 0.5) is 0 Å². The van der Waals surface area contributed by atoms with Gasteiger partial charge in [-0.15, -0.1) is 0 Å². The third kappa shape index (κ3) is 2.76. The summed E-state index contributed by atoms with van der Waals surface area (Å²) >= 11 is 3.50. The summed E-state index contributed by atoms with van der Waals surface area (Å²) in [5.74, 6) is 0.613. The largest absolute Gasteiger partial charge is 0.467 e. The predicted octanol–water partition coefficient (Wildman–Crippen LogP) is 3.35. The van der Waals surface area contributed by atoms with E-state index in [9.17, 15) is 5.11 Å². The smallest absolute Gasteiger partial charge is 0.133 e. The molecule has 100 valence electrons. The Kier molecular flexibility index (Phi) is 3.73. The fourth-order valence-corrected chi connectivity index (χ4v) is 3.04. The van der Waals surface area contributed by atoms with Gasteiger partial charge in [0.25, 0.3) is 0 Å². The van der Waals surface area contributed by atoms with E-state index in [1.807, 2.05) is 0 Å². The number of benzene rings is 1. The molecule has 2 aromatic rings. The summed E-state index contributed by atoms with van der Waals surface area (Å²) in [6.45, 7) is 0.508. The van der Waals surface area contributed by atoms with E-state index in [0.717, 1.165) is 17.3 Å². The number of aliphatic hydroxyl groups excluding tert-OH is 1. The molecule has 2 N–H and O–H groups in total. The van der Waals surface area contributed by atoms with Crippen molar-refractivity contribution < 1.29 is 9.52 Å². The van der Waals surface area contributed by atoms with Gasteiger partial charge in [-0.2, -0.15) is 0 Å². The molecule has 3 rings (SSSR count). The Hall–Kier alpha value is -1.10. The first-order valence-electron chi connectivity index (χ1n) is 6.47. The van der Waals surface area contributed by atoms with Crippen molar-refractivity contribution in [1.29, 1.82) is 0 Å². The lowest BCUT2D eigenvalue weighted by atomic mass is 10.1. The van der Waals surface area contributed by atoms with Crippen molar-refractivity contribution >= 4 is 15.9 Å². The van der Waals surface area contributed by atoms with Crippen molar-refractivity contribution in [1.82, 2.24) is 5.32 Å². The number of rotatable bonds is 4. The van der Waals surface area contributed by atoms with Crippen LogP contribution in [0, 0.1) is 0 Å². The van der Waals surface area contributed by atoms with E-state index in [-0.39, 0.29) is 0 Å². The van der Waals surface area contributed by atoms with Gasteiger partial charge in [0.2, 0.25) is 0 Å². The molecule has 4 heteroatoms. The summed E-state index contributed by atoms with van der Waals surface area (Å²) in [5.41, 5.74) is 2.73. The first-order chi connectivity index (χ1) is 9.24. The lowest BCUT2D eigenvalue weighted by molar-refractivity contribution is 0.143. The van der Waals surface area contributed by atoms with Gasteiger partial charge in [0.05, 0.1) is 6.26 Å². The van der Waals surface area contributed by atoms with Crippen LogP contribution in [0.2, 0.25) is 0 Å². The van der Waals surface area contributed by atoms with Gasteiger partial charge in [-0.3, -0.25) is 0 Å². The van der Waals surface area contributed by atoms with Crippen molar-refractivity contribution in [3.63, 3.8) is 0 Å². The van der Waals surface area contributed by atoms with Crippen molar-refractivity contribution in [2.45, 2.75) is 25.0 Å². The average Bonchev–Trinajstić information content (AvgIpc) is 3.05. The Labute approximate surface area is 120 Å². The van der Waals surface area contributed by atoms with Crippen LogP contribution >= 0.6 is 15.9 Å². The predicted molar refractivity (Wildman–Crippen MR) is 76.9 cm³/mol. The summed E-state index contributed by atoms with van der Waals surface area (Å²) in [4.78, 5) is 0. The lowest BCUT2D eigenvalue weighted by Crippen LogP contribution is -2.24. The van der Waals surface area contributed by atoms with Crippen LogP contribution in [0.15, 0.2) is 45.5 Å². The monoisotopic (exact) mass is 321 g/mol. The quantitative estimate of drug-likeness (QED) is 0.907. The fourth-order valence-electron chi connectivity index (χ4n) is 2.63. The molecule has 0 spiro atoms. The number of hydrogen-bond donors (Lipinski definition) is 2. The lowest BCUT2D eigenvalue weighted by Gasteiger charge is -2.16. The van der Waals surface area contributed by atoms with Crippen LogP contribution in [0.1, 0.15) is 35.5 Å². The summed E-state index contributed by atoms with van der Waals surface area (Å²) in [5, 5.41) is 13.4. The molecular formula is C15H16BrNO2. The van der Waals surface area contributed by atoms with Crippen molar-refractivity contribution in [3.8, 4) is 0 Å². The first kappa shape index (κ1) is 12.9. The van der Waals surface area contributed by atoms with Crippen molar-refractivity contribution in [2.75, 3.05) is 6.54 Å². The van der Waals surface area contributed by atoms with Gasteiger partial charge in [-0.05, 0) is 48.2 Å². The number of fused-ring (bicyclic) bond motifs is 1. The minimum Gasteiger partial charge on any atom is -0.467 e. The molecule has 0 saturated carbocycles. The molecule has 1 aromatic heterocycles. The van der Waals surface area contributed by atoms with Crippen LogP contribution in [0.3, 0.4) is 0 Å². The van der Waals surface area contributed by atoms with Crippen molar-refractivity contribution in [3.05, 3.63) is 58.0 Å². The minimum absolute atomic E-state index is 0.327. The maximum atomic E-state index is 10.00. The van der Waals surface area contributed by atoms with Crippen LogP contribution in [0.5, 0.6) is 0 Å². The molecule has 0 amide bonds. The van der Waals surface area contributed by atoms with E-state index >= 15 is 0 Å². The van der Waals surface area contributed by atoms with Crippen LogP contribution < -0.4 is 5.32 Å². The Morgan fingerprint density at radius 3 is 3.11 bits per heavy atom. The van der Waals surface area contributed by atoms with Gasteiger partial charge in [0.15, 0.2) is 0 Å². The van der Waals surface area contributed by atoms with Gasteiger partial charge < -0.3 is 14.8 Å². The number of aryl methyl sites for hydroxylation is 1. The average molecular weight is 322 g/mol. The van der Waals surface area contributed by atoms with E-state index in [1.54, 1.807) is 18.4 Å². The molecule has 2 atom stereocenters. The second kappa shape index (κ2) is 5.49. The zero-order chi connectivity index (χ0) is 13.2. The van der Waals surface area contributed by atoms with Gasteiger partial charge in [-0.25, -0.2) is 0 Å². The standard InChI is InChI=1S/C15H16BrNO2/c16-11-4-5-12-10(8-11)3-6-13(12)17-9-14(18)15-2-1-7-19-15/h1-2,4-5,7-8,13-14,17-18H,3,6,9H2. The molecule has 0 bridgehead atoms. The maximum absolute atomic E-state index is 10.00. The van der Waals surface area contributed by atoms with Gasteiger partial charge in [0.1, 0.15) is 11.9 Å². The van der Waals surface area contributed by atoms with E-state index in [4.69, 9.17) is 4.42 Å². The molecule has 1 aromatic carbocycles. The fraction of sp³-hybridized carbons (Fsp3) is 0.333. The molecule has 0 fully saturated rings. The highest BCUT2D eigenvalue weighted by Crippen LogP contribution is 2.33. The zero-order valence-electron chi connectivity index (χ0n) is 10.5. The summed E-state index contributed by atoms with van der Waals surface area (Å²) in [6.07, 6.45) is 3.16. The van der Waals surface area contributed by atoms with Gasteiger partial charge >= 0.3 is 0 Å². The van der Waals surface area contributed by atoms with Crippen molar-refractivity contribution in [2.24, 2.45) is 0 Å². The summed E-state index contributed by atoms with van der Waals surface area (Å²) in [7, 11) is 0. The third-order valence-corrected chi connectivity index (χ3v) is 4.11. The molecule has 1 aliphatic carbocycles. The van der Waals surface area contributed by atoms with E-state index in [0.29, 0.717) is 18.3 Å². The Bertz CT molecular complexity index is 553. The topological polar surface area (TPSA) is 45.4 Å². The molecule has 0 saturated heterocycles. The van der Waals surface area contributed by atoms with E-state index < -0.39 is 6.10 Å². The summed E-state index contributed by atoms with van der Waals surface area (Å²) < 4.78 is 6.33. The number of nitrogens with one attached hydrogen (secondary N) is 1. The highest BCUT2D eigenvalue weighted by molar-refractivity contribution is 9.10. The molecule has 2 unspecified atom stereocenters. The number of furan rings is 1. The molecule has 1 aliphatic rings. The number of halogens is 1. The second-order valence-electron chi connectivity index (χ2n) is 4.87. The Balaban J connectivity index is 1.64. The minimum atomic E-state index is -0.588. The third-order valence-electron chi connectivity index (χ3n) is 3.61. The van der Waals surface area contributed by atoms with Crippen LogP contribution in [-0.4, -0.2) is 11.7 Å². The maximum Gasteiger partial charge on any atom is 0.133 e. The molecule has 0 aliphatic heterocycles. The molecule has 0 radical (unpaired) electrons. The van der Waals surface area contributed by atoms with Crippen LogP contribution in [-0.2, 0) is 6.42 Å². The second-order valence-corrected chi connectivity index (χ2v) is 5.79. The molecule has 1 heterocycles. The summed E-state index contributed by atoms with van der Waals surface area (Å²) in [6, 6.07) is 10.3. The molecule has 3 nitrogen and oxygen atoms in total. The van der Waals surface area contributed by atoms with Gasteiger partial charge in [-0.1, -0.05) is 22.0 Å². The van der Waals surface area contributed by atoms with E-state index in [1.165, 1.54) is 11.1 Å². The number of hydrogen-bond acceptors (Lipinski definition) is 3. The van der Waals surface area contributed by atoms with E-state index in [2.05, 4.69) is 39.4 Å². The zero-order valence-corrected chi connectivity index (χ0v) is 12.1. The Morgan fingerprint density at radius 1 is 1.42 bits per heavy atom. The number of aliphatic hydroxyl groups is 1. The van der Waals surface area contributed by atoms with Gasteiger partial charge in [0, 0.05) is 17.1 Å². The molecule has 19 heavy (non-hydrogen) atoms. The first-order valence-corrected chi connectivity index (χ1v) is 7.26. The Morgan fingerprint density at radius 2 is 2.32 bits per heavy atom. The molecular weight excluding hydrogens is 306 g/mol. The highest BCUT2D eigenvalue weighted by atomic mass is 79.9. The highest BCUT2D eigenvalue weighted by Gasteiger charge is 2.23.